The molecular weight excluding hydrogens is 190 g/mol. The lowest BCUT2D eigenvalue weighted by Crippen LogP contribution is -2.28. The van der Waals surface area contributed by atoms with E-state index in [4.69, 9.17) is 4.74 Å². The van der Waals surface area contributed by atoms with Crippen LogP contribution >= 0.6 is 0 Å². The molecule has 1 aliphatic carbocycles. The van der Waals surface area contributed by atoms with Gasteiger partial charge in [-0.25, -0.2) is 0 Å². The summed E-state index contributed by atoms with van der Waals surface area (Å²) in [6.07, 6.45) is 9.50. The molecule has 1 rings (SSSR count). The van der Waals surface area contributed by atoms with E-state index in [2.05, 4.69) is 23.5 Å². The average Bonchev–Trinajstić information content (AvgIpc) is 2.28. The first-order valence-electron chi connectivity index (χ1n) is 5.53. The highest BCUT2D eigenvalue weighted by Gasteiger charge is 2.01. The molecule has 1 amide bonds. The minimum absolute atomic E-state index is 0.0303. The van der Waals surface area contributed by atoms with E-state index in [1.807, 2.05) is 6.92 Å². The lowest BCUT2D eigenvalue weighted by molar-refractivity contribution is -0.125. The molecule has 0 heterocycles. The van der Waals surface area contributed by atoms with Crippen LogP contribution in [0.25, 0.3) is 0 Å². The van der Waals surface area contributed by atoms with Crippen molar-refractivity contribution in [1.82, 2.24) is 5.32 Å². The normalized spacial score (nSPS) is 14.9. The predicted molar refractivity (Wildman–Crippen MR) is 60.6 cm³/mol. The summed E-state index contributed by atoms with van der Waals surface area (Å²) in [5.41, 5.74) is 1.17. The van der Waals surface area contributed by atoms with Gasteiger partial charge in [-0.2, -0.15) is 0 Å². The molecule has 0 aromatic heterocycles. The van der Waals surface area contributed by atoms with Gasteiger partial charge in [0.1, 0.15) is 6.61 Å². The van der Waals surface area contributed by atoms with Gasteiger partial charge in [0, 0.05) is 6.54 Å². The SMILES string of the molecule is CCCNC(=O)COCC1=CCCC=C1. The summed E-state index contributed by atoms with van der Waals surface area (Å²) < 4.78 is 5.30. The fourth-order valence-corrected chi connectivity index (χ4v) is 1.35. The van der Waals surface area contributed by atoms with Crippen molar-refractivity contribution in [3.63, 3.8) is 0 Å². The third-order valence-electron chi connectivity index (χ3n) is 2.15. The van der Waals surface area contributed by atoms with Gasteiger partial charge in [-0.1, -0.05) is 25.2 Å². The summed E-state index contributed by atoms with van der Waals surface area (Å²) in [5, 5.41) is 2.77. The molecule has 0 aliphatic heterocycles. The summed E-state index contributed by atoms with van der Waals surface area (Å²) in [6, 6.07) is 0. The molecular formula is C12H19NO2. The molecule has 0 aromatic carbocycles. The summed E-state index contributed by atoms with van der Waals surface area (Å²) in [5.74, 6) is -0.0303. The van der Waals surface area contributed by atoms with E-state index in [1.54, 1.807) is 0 Å². The predicted octanol–water partition coefficient (Wildman–Crippen LogP) is 1.81. The third-order valence-corrected chi connectivity index (χ3v) is 2.15. The first kappa shape index (κ1) is 12.0. The fourth-order valence-electron chi connectivity index (χ4n) is 1.35. The zero-order valence-electron chi connectivity index (χ0n) is 9.29. The minimum Gasteiger partial charge on any atom is -0.367 e. The zero-order valence-corrected chi connectivity index (χ0v) is 9.29. The molecule has 0 fully saturated rings. The van der Waals surface area contributed by atoms with Crippen LogP contribution in [0.1, 0.15) is 26.2 Å². The molecule has 1 N–H and O–H groups in total. The highest BCUT2D eigenvalue weighted by molar-refractivity contribution is 5.77. The van der Waals surface area contributed by atoms with Crippen LogP contribution in [-0.4, -0.2) is 25.7 Å². The number of hydrogen-bond acceptors (Lipinski definition) is 2. The van der Waals surface area contributed by atoms with Gasteiger partial charge in [0.15, 0.2) is 0 Å². The molecule has 3 heteroatoms. The van der Waals surface area contributed by atoms with Crippen molar-refractivity contribution in [2.75, 3.05) is 19.8 Å². The maximum atomic E-state index is 11.2. The second-order valence-electron chi connectivity index (χ2n) is 3.60. The Balaban J connectivity index is 2.07. The molecule has 0 aromatic rings. The number of carbonyl (C=O) groups is 1. The Morgan fingerprint density at radius 2 is 2.40 bits per heavy atom. The number of hydrogen-bond donors (Lipinski definition) is 1. The van der Waals surface area contributed by atoms with E-state index in [0.717, 1.165) is 25.8 Å². The molecule has 84 valence electrons. The number of amides is 1. The van der Waals surface area contributed by atoms with E-state index in [9.17, 15) is 4.79 Å². The Bertz CT molecular complexity index is 256. The molecule has 0 bridgehead atoms. The lowest BCUT2D eigenvalue weighted by atomic mass is 10.1. The van der Waals surface area contributed by atoms with Gasteiger partial charge in [-0.15, -0.1) is 0 Å². The van der Waals surface area contributed by atoms with Crippen LogP contribution in [0.3, 0.4) is 0 Å². The molecule has 0 atom stereocenters. The van der Waals surface area contributed by atoms with Crippen molar-refractivity contribution >= 4 is 5.91 Å². The summed E-state index contributed by atoms with van der Waals surface area (Å²) >= 11 is 0. The van der Waals surface area contributed by atoms with Gasteiger partial charge in [-0.3, -0.25) is 4.79 Å². The first-order valence-corrected chi connectivity index (χ1v) is 5.53. The Hall–Kier alpha value is -1.09. The Kier molecular flexibility index (Phi) is 5.78. The van der Waals surface area contributed by atoms with Gasteiger partial charge in [0.05, 0.1) is 6.61 Å². The fraction of sp³-hybridized carbons (Fsp3) is 0.583. The van der Waals surface area contributed by atoms with E-state index >= 15 is 0 Å². The maximum absolute atomic E-state index is 11.2. The van der Waals surface area contributed by atoms with Crippen molar-refractivity contribution in [3.8, 4) is 0 Å². The van der Waals surface area contributed by atoms with E-state index in [0.29, 0.717) is 6.61 Å². The second kappa shape index (κ2) is 7.23. The van der Waals surface area contributed by atoms with Crippen molar-refractivity contribution < 1.29 is 9.53 Å². The van der Waals surface area contributed by atoms with Gasteiger partial charge >= 0.3 is 0 Å². The van der Waals surface area contributed by atoms with Gasteiger partial charge in [0.2, 0.25) is 5.91 Å². The van der Waals surface area contributed by atoms with Crippen molar-refractivity contribution in [3.05, 3.63) is 23.8 Å². The number of rotatable bonds is 6. The molecule has 0 unspecified atom stereocenters. The smallest absolute Gasteiger partial charge is 0.246 e. The molecule has 0 saturated carbocycles. The van der Waals surface area contributed by atoms with Crippen LogP contribution in [0.2, 0.25) is 0 Å². The second-order valence-corrected chi connectivity index (χ2v) is 3.60. The summed E-state index contributed by atoms with van der Waals surface area (Å²) in [7, 11) is 0. The van der Waals surface area contributed by atoms with E-state index in [1.165, 1.54) is 5.57 Å². The summed E-state index contributed by atoms with van der Waals surface area (Å²) in [6.45, 7) is 3.45. The number of allylic oxidation sites excluding steroid dienone is 2. The summed E-state index contributed by atoms with van der Waals surface area (Å²) in [4.78, 5) is 11.2. The maximum Gasteiger partial charge on any atom is 0.246 e. The molecule has 15 heavy (non-hydrogen) atoms. The largest absolute Gasteiger partial charge is 0.367 e. The van der Waals surface area contributed by atoms with Crippen LogP contribution < -0.4 is 5.32 Å². The quantitative estimate of drug-likeness (QED) is 0.724. The van der Waals surface area contributed by atoms with Gasteiger partial charge in [0.25, 0.3) is 0 Å². The zero-order chi connectivity index (χ0) is 10.9. The third kappa shape index (κ3) is 5.37. The van der Waals surface area contributed by atoms with Crippen LogP contribution in [-0.2, 0) is 9.53 Å². The van der Waals surface area contributed by atoms with Crippen molar-refractivity contribution in [1.29, 1.82) is 0 Å². The Labute approximate surface area is 91.2 Å². The van der Waals surface area contributed by atoms with Crippen molar-refractivity contribution in [2.24, 2.45) is 0 Å². The average molecular weight is 209 g/mol. The first-order chi connectivity index (χ1) is 7.33. The molecule has 0 radical (unpaired) electrons. The molecule has 1 aliphatic rings. The molecule has 3 nitrogen and oxygen atoms in total. The molecule has 0 saturated heterocycles. The monoisotopic (exact) mass is 209 g/mol. The number of nitrogens with one attached hydrogen (secondary N) is 1. The highest BCUT2D eigenvalue weighted by Crippen LogP contribution is 2.09. The number of carbonyl (C=O) groups excluding carboxylic acids is 1. The van der Waals surface area contributed by atoms with Crippen molar-refractivity contribution in [2.45, 2.75) is 26.2 Å². The number of ether oxygens (including phenoxy) is 1. The molecule has 0 spiro atoms. The van der Waals surface area contributed by atoms with Crippen LogP contribution in [0.4, 0.5) is 0 Å². The van der Waals surface area contributed by atoms with Crippen LogP contribution in [0.5, 0.6) is 0 Å². The van der Waals surface area contributed by atoms with Crippen LogP contribution in [0, 0.1) is 0 Å². The van der Waals surface area contributed by atoms with E-state index in [-0.39, 0.29) is 12.5 Å². The van der Waals surface area contributed by atoms with Gasteiger partial charge in [-0.05, 0) is 24.8 Å². The van der Waals surface area contributed by atoms with E-state index < -0.39 is 0 Å². The lowest BCUT2D eigenvalue weighted by Gasteiger charge is -2.08. The van der Waals surface area contributed by atoms with Gasteiger partial charge < -0.3 is 10.1 Å². The highest BCUT2D eigenvalue weighted by atomic mass is 16.5. The topological polar surface area (TPSA) is 38.3 Å². The minimum atomic E-state index is -0.0303. The Morgan fingerprint density at radius 1 is 1.53 bits per heavy atom. The van der Waals surface area contributed by atoms with Crippen LogP contribution in [0.15, 0.2) is 23.8 Å². The standard InChI is InChI=1S/C12H19NO2/c1-2-8-13-12(14)10-15-9-11-6-4-3-5-7-11/h4,6-7H,2-3,5,8-10H2,1H3,(H,13,14). The Morgan fingerprint density at radius 3 is 3.07 bits per heavy atom.